The fourth-order valence-corrected chi connectivity index (χ4v) is 1.81. The third-order valence-electron chi connectivity index (χ3n) is 2.54. The predicted octanol–water partition coefficient (Wildman–Crippen LogP) is 1.58. The van der Waals surface area contributed by atoms with Crippen molar-refractivity contribution in [3.63, 3.8) is 0 Å². The SMILES string of the molecule is OCCOc1ccc(OCCO)c2ccccc12. The van der Waals surface area contributed by atoms with Gasteiger partial charge in [-0.15, -0.1) is 0 Å². The highest BCUT2D eigenvalue weighted by atomic mass is 16.5. The summed E-state index contributed by atoms with van der Waals surface area (Å²) in [6.45, 7) is 0.496. The number of hydrogen-bond acceptors (Lipinski definition) is 4. The summed E-state index contributed by atoms with van der Waals surface area (Å²) in [4.78, 5) is 0. The second-order valence-electron chi connectivity index (χ2n) is 3.75. The van der Waals surface area contributed by atoms with Crippen molar-refractivity contribution in [3.8, 4) is 11.5 Å². The lowest BCUT2D eigenvalue weighted by Gasteiger charge is -2.12. The molecule has 0 aliphatic heterocycles. The van der Waals surface area contributed by atoms with Gasteiger partial charge in [0.25, 0.3) is 0 Å². The zero-order valence-electron chi connectivity index (χ0n) is 10.0. The van der Waals surface area contributed by atoms with Crippen LogP contribution in [0, 0.1) is 0 Å². The fourth-order valence-electron chi connectivity index (χ4n) is 1.81. The highest BCUT2D eigenvalue weighted by molar-refractivity contribution is 5.93. The van der Waals surface area contributed by atoms with Crippen molar-refractivity contribution in [2.75, 3.05) is 26.4 Å². The van der Waals surface area contributed by atoms with E-state index < -0.39 is 0 Å². The van der Waals surface area contributed by atoms with Gasteiger partial charge in [-0.25, -0.2) is 0 Å². The van der Waals surface area contributed by atoms with Crippen LogP contribution in [0.1, 0.15) is 0 Å². The maximum atomic E-state index is 8.79. The number of fused-ring (bicyclic) bond motifs is 1. The maximum absolute atomic E-state index is 8.79. The first-order valence-corrected chi connectivity index (χ1v) is 5.86. The molecule has 2 aromatic carbocycles. The molecule has 0 aliphatic carbocycles. The highest BCUT2D eigenvalue weighted by Gasteiger charge is 2.07. The van der Waals surface area contributed by atoms with Crippen LogP contribution < -0.4 is 9.47 Å². The molecule has 0 heterocycles. The number of rotatable bonds is 6. The molecular formula is C14H16O4. The highest BCUT2D eigenvalue weighted by Crippen LogP contribution is 2.32. The molecule has 0 fully saturated rings. The molecule has 0 aliphatic rings. The molecule has 4 nitrogen and oxygen atoms in total. The molecule has 0 saturated heterocycles. The van der Waals surface area contributed by atoms with Crippen LogP contribution in [0.15, 0.2) is 36.4 Å². The van der Waals surface area contributed by atoms with Crippen LogP contribution >= 0.6 is 0 Å². The zero-order chi connectivity index (χ0) is 12.8. The van der Waals surface area contributed by atoms with Crippen molar-refractivity contribution in [3.05, 3.63) is 36.4 Å². The molecule has 0 spiro atoms. The minimum Gasteiger partial charge on any atom is -0.491 e. The summed E-state index contributed by atoms with van der Waals surface area (Å²) < 4.78 is 10.9. The molecule has 0 unspecified atom stereocenters. The van der Waals surface area contributed by atoms with E-state index in [4.69, 9.17) is 19.7 Å². The van der Waals surface area contributed by atoms with Gasteiger partial charge in [0.15, 0.2) is 0 Å². The maximum Gasteiger partial charge on any atom is 0.127 e. The van der Waals surface area contributed by atoms with Crippen LogP contribution in [0.25, 0.3) is 10.8 Å². The van der Waals surface area contributed by atoms with Crippen molar-refractivity contribution in [1.82, 2.24) is 0 Å². The van der Waals surface area contributed by atoms with Gasteiger partial charge >= 0.3 is 0 Å². The fraction of sp³-hybridized carbons (Fsp3) is 0.286. The van der Waals surface area contributed by atoms with Gasteiger partial charge in [0, 0.05) is 10.8 Å². The first-order valence-electron chi connectivity index (χ1n) is 5.86. The molecule has 0 aromatic heterocycles. The first-order chi connectivity index (χ1) is 8.86. The van der Waals surface area contributed by atoms with Crippen LogP contribution in [-0.4, -0.2) is 36.6 Å². The van der Waals surface area contributed by atoms with Crippen molar-refractivity contribution < 1.29 is 19.7 Å². The molecule has 0 amide bonds. The standard InChI is InChI=1S/C14H16O4/c15-7-9-17-13-5-6-14(18-10-8-16)12-4-2-1-3-11(12)13/h1-6,15-16H,7-10H2. The van der Waals surface area contributed by atoms with E-state index in [1.54, 1.807) is 0 Å². The Bertz CT molecular complexity index is 464. The molecule has 2 rings (SSSR count). The molecule has 0 bridgehead atoms. The summed E-state index contributed by atoms with van der Waals surface area (Å²) in [5.41, 5.74) is 0. The van der Waals surface area contributed by atoms with Gasteiger partial charge in [-0.2, -0.15) is 0 Å². The van der Waals surface area contributed by atoms with Gasteiger partial charge in [-0.1, -0.05) is 24.3 Å². The summed E-state index contributed by atoms with van der Waals surface area (Å²) in [5, 5.41) is 19.4. The molecule has 0 saturated carbocycles. The number of aliphatic hydroxyl groups is 2. The van der Waals surface area contributed by atoms with Crippen LogP contribution in [-0.2, 0) is 0 Å². The molecule has 0 atom stereocenters. The van der Waals surface area contributed by atoms with E-state index in [1.165, 1.54) is 0 Å². The van der Waals surface area contributed by atoms with Crippen LogP contribution in [0.2, 0.25) is 0 Å². The van der Waals surface area contributed by atoms with Crippen LogP contribution in [0.5, 0.6) is 11.5 Å². The van der Waals surface area contributed by atoms with Gasteiger partial charge in [0.2, 0.25) is 0 Å². The molecule has 18 heavy (non-hydrogen) atoms. The number of benzene rings is 2. The summed E-state index contributed by atoms with van der Waals surface area (Å²) in [5.74, 6) is 1.44. The molecule has 96 valence electrons. The van der Waals surface area contributed by atoms with Gasteiger partial charge in [-0.05, 0) is 12.1 Å². The average Bonchev–Trinajstić information content (AvgIpc) is 2.43. The smallest absolute Gasteiger partial charge is 0.127 e. The van der Waals surface area contributed by atoms with Crippen molar-refractivity contribution >= 4 is 10.8 Å². The number of ether oxygens (including phenoxy) is 2. The van der Waals surface area contributed by atoms with E-state index in [1.807, 2.05) is 36.4 Å². The van der Waals surface area contributed by atoms with E-state index in [2.05, 4.69) is 0 Å². The van der Waals surface area contributed by atoms with Crippen LogP contribution in [0.4, 0.5) is 0 Å². The second kappa shape index (κ2) is 6.23. The minimum absolute atomic E-state index is 0.0168. The molecular weight excluding hydrogens is 232 g/mol. The summed E-state index contributed by atoms with van der Waals surface area (Å²) >= 11 is 0. The Morgan fingerprint density at radius 3 is 1.56 bits per heavy atom. The van der Waals surface area contributed by atoms with E-state index in [-0.39, 0.29) is 26.4 Å². The topological polar surface area (TPSA) is 58.9 Å². The third-order valence-corrected chi connectivity index (χ3v) is 2.54. The van der Waals surface area contributed by atoms with E-state index in [9.17, 15) is 0 Å². The number of hydrogen-bond donors (Lipinski definition) is 2. The quantitative estimate of drug-likeness (QED) is 0.815. The third kappa shape index (κ3) is 2.72. The van der Waals surface area contributed by atoms with Crippen molar-refractivity contribution in [2.45, 2.75) is 0 Å². The summed E-state index contributed by atoms with van der Waals surface area (Å²) in [6, 6.07) is 11.3. The lowest BCUT2D eigenvalue weighted by Crippen LogP contribution is -2.04. The van der Waals surface area contributed by atoms with Crippen LogP contribution in [0.3, 0.4) is 0 Å². The lowest BCUT2D eigenvalue weighted by molar-refractivity contribution is 0.200. The Morgan fingerprint density at radius 2 is 1.17 bits per heavy atom. The van der Waals surface area contributed by atoms with E-state index >= 15 is 0 Å². The summed E-state index contributed by atoms with van der Waals surface area (Å²) in [7, 11) is 0. The molecule has 2 aromatic rings. The van der Waals surface area contributed by atoms with E-state index in [0.29, 0.717) is 0 Å². The number of aliphatic hydroxyl groups excluding tert-OH is 2. The zero-order valence-corrected chi connectivity index (χ0v) is 10.0. The van der Waals surface area contributed by atoms with Gasteiger partial charge in [0.1, 0.15) is 24.7 Å². The minimum atomic E-state index is -0.0168. The van der Waals surface area contributed by atoms with Gasteiger partial charge in [0.05, 0.1) is 13.2 Å². The molecule has 0 radical (unpaired) electrons. The Balaban J connectivity index is 2.38. The second-order valence-corrected chi connectivity index (χ2v) is 3.75. The Labute approximate surface area is 105 Å². The van der Waals surface area contributed by atoms with Crippen molar-refractivity contribution in [1.29, 1.82) is 0 Å². The molecule has 4 heteroatoms. The Hall–Kier alpha value is -1.78. The van der Waals surface area contributed by atoms with Crippen molar-refractivity contribution in [2.24, 2.45) is 0 Å². The van der Waals surface area contributed by atoms with E-state index in [0.717, 1.165) is 22.3 Å². The average molecular weight is 248 g/mol. The summed E-state index contributed by atoms with van der Waals surface area (Å²) in [6.07, 6.45) is 0. The normalized spacial score (nSPS) is 10.6. The Kier molecular flexibility index (Phi) is 4.39. The van der Waals surface area contributed by atoms with Gasteiger partial charge in [-0.3, -0.25) is 0 Å². The molecule has 2 N–H and O–H groups in total. The first kappa shape index (κ1) is 12.7. The largest absolute Gasteiger partial charge is 0.491 e. The monoisotopic (exact) mass is 248 g/mol. The Morgan fingerprint density at radius 1 is 0.722 bits per heavy atom. The lowest BCUT2D eigenvalue weighted by atomic mass is 10.1. The predicted molar refractivity (Wildman–Crippen MR) is 69.1 cm³/mol. The van der Waals surface area contributed by atoms with Gasteiger partial charge < -0.3 is 19.7 Å².